The molecule has 0 spiro atoms. The van der Waals surface area contributed by atoms with E-state index in [9.17, 15) is 4.79 Å². The van der Waals surface area contributed by atoms with Crippen LogP contribution in [-0.4, -0.2) is 31.5 Å². The molecule has 106 valence electrons. The van der Waals surface area contributed by atoms with Gasteiger partial charge < -0.3 is 15.4 Å². The Morgan fingerprint density at radius 3 is 2.68 bits per heavy atom. The van der Waals surface area contributed by atoms with Crippen LogP contribution in [-0.2, 0) is 4.79 Å². The van der Waals surface area contributed by atoms with E-state index in [1.54, 1.807) is 19.0 Å². The lowest BCUT2D eigenvalue weighted by Gasteiger charge is -2.12. The molecule has 0 unspecified atom stereocenters. The first kappa shape index (κ1) is 15.8. The van der Waals surface area contributed by atoms with Gasteiger partial charge in [0.25, 0.3) is 0 Å². The van der Waals surface area contributed by atoms with Crippen molar-refractivity contribution in [3.8, 4) is 5.75 Å². The Balaban J connectivity index is 2.44. The highest BCUT2D eigenvalue weighted by atomic mass is 35.5. The van der Waals surface area contributed by atoms with Crippen molar-refractivity contribution < 1.29 is 9.53 Å². The van der Waals surface area contributed by atoms with E-state index in [-0.39, 0.29) is 11.9 Å². The van der Waals surface area contributed by atoms with Gasteiger partial charge in [-0.3, -0.25) is 4.79 Å². The maximum absolute atomic E-state index is 11.4. The molecule has 2 N–H and O–H groups in total. The van der Waals surface area contributed by atoms with Gasteiger partial charge in [-0.25, -0.2) is 0 Å². The van der Waals surface area contributed by atoms with Gasteiger partial charge >= 0.3 is 0 Å². The number of nitrogens with zero attached hydrogens (tertiary/aromatic N) is 1. The van der Waals surface area contributed by atoms with Gasteiger partial charge in [0.15, 0.2) is 0 Å². The summed E-state index contributed by atoms with van der Waals surface area (Å²) in [6, 6.07) is 5.47. The third-order valence-corrected chi connectivity index (χ3v) is 3.07. The van der Waals surface area contributed by atoms with Crippen molar-refractivity contribution in [2.45, 2.75) is 25.8 Å². The minimum absolute atomic E-state index is 0.0516. The number of amides is 1. The maximum atomic E-state index is 11.4. The zero-order valence-electron chi connectivity index (χ0n) is 11.6. The quantitative estimate of drug-likeness (QED) is 0.817. The van der Waals surface area contributed by atoms with Crippen molar-refractivity contribution in [3.63, 3.8) is 0 Å². The van der Waals surface area contributed by atoms with E-state index >= 15 is 0 Å². The standard InChI is InChI=1S/C14H21ClN2O2/c1-10(16)11-6-7-13(12(15)9-11)19-8-4-5-14(18)17(2)3/h6-7,9-10H,4-5,8,16H2,1-3H3/t10-/m1/s1. The van der Waals surface area contributed by atoms with Gasteiger partial charge in [-0.1, -0.05) is 17.7 Å². The average molecular weight is 285 g/mol. The number of benzene rings is 1. The van der Waals surface area contributed by atoms with Gasteiger partial charge in [-0.2, -0.15) is 0 Å². The van der Waals surface area contributed by atoms with Crippen molar-refractivity contribution >= 4 is 17.5 Å². The summed E-state index contributed by atoms with van der Waals surface area (Å²) in [4.78, 5) is 12.9. The molecule has 0 saturated heterocycles. The van der Waals surface area contributed by atoms with Crippen LogP contribution in [0.2, 0.25) is 5.02 Å². The monoisotopic (exact) mass is 284 g/mol. The third-order valence-electron chi connectivity index (χ3n) is 2.77. The van der Waals surface area contributed by atoms with Crippen LogP contribution in [0.3, 0.4) is 0 Å². The normalized spacial score (nSPS) is 12.1. The minimum atomic E-state index is -0.0516. The zero-order valence-corrected chi connectivity index (χ0v) is 12.4. The highest BCUT2D eigenvalue weighted by Gasteiger charge is 2.07. The van der Waals surface area contributed by atoms with Crippen LogP contribution in [0.15, 0.2) is 18.2 Å². The van der Waals surface area contributed by atoms with Gasteiger partial charge in [0.05, 0.1) is 11.6 Å². The average Bonchev–Trinajstić information content (AvgIpc) is 2.35. The fourth-order valence-corrected chi connectivity index (χ4v) is 1.79. The molecule has 0 aliphatic carbocycles. The third kappa shape index (κ3) is 5.09. The van der Waals surface area contributed by atoms with Crippen LogP contribution in [0, 0.1) is 0 Å². The SMILES string of the molecule is C[C@@H](N)c1ccc(OCCCC(=O)N(C)C)c(Cl)c1. The molecule has 0 saturated carbocycles. The van der Waals surface area contributed by atoms with Crippen molar-refractivity contribution in [2.24, 2.45) is 5.73 Å². The molecule has 0 bridgehead atoms. The molecular formula is C14H21ClN2O2. The summed E-state index contributed by atoms with van der Waals surface area (Å²) >= 11 is 6.11. The molecule has 5 heteroatoms. The molecule has 1 amide bonds. The number of hydrogen-bond donors (Lipinski definition) is 1. The van der Waals surface area contributed by atoms with E-state index in [1.165, 1.54) is 0 Å². The summed E-state index contributed by atoms with van der Waals surface area (Å²) in [7, 11) is 3.49. The maximum Gasteiger partial charge on any atom is 0.222 e. The molecule has 1 aromatic rings. The van der Waals surface area contributed by atoms with Crippen LogP contribution in [0.4, 0.5) is 0 Å². The van der Waals surface area contributed by atoms with Crippen LogP contribution < -0.4 is 10.5 Å². The lowest BCUT2D eigenvalue weighted by Crippen LogP contribution is -2.21. The Kier molecular flexibility index (Phi) is 6.12. The first-order valence-electron chi connectivity index (χ1n) is 6.29. The molecule has 0 aromatic heterocycles. The van der Waals surface area contributed by atoms with Crippen molar-refractivity contribution in [1.82, 2.24) is 4.90 Å². The molecule has 4 nitrogen and oxygen atoms in total. The molecule has 1 atom stereocenters. The number of carbonyl (C=O) groups excluding carboxylic acids is 1. The predicted octanol–water partition coefficient (Wildman–Crippen LogP) is 2.61. The van der Waals surface area contributed by atoms with Gasteiger partial charge in [-0.05, 0) is 31.0 Å². The number of halogens is 1. The van der Waals surface area contributed by atoms with Crippen LogP contribution in [0.25, 0.3) is 0 Å². The zero-order chi connectivity index (χ0) is 14.4. The summed E-state index contributed by atoms with van der Waals surface area (Å²) in [5.41, 5.74) is 6.75. The van der Waals surface area contributed by atoms with Gasteiger partial charge in [0, 0.05) is 26.6 Å². The van der Waals surface area contributed by atoms with E-state index in [4.69, 9.17) is 22.1 Å². The second-order valence-corrected chi connectivity index (χ2v) is 5.13. The Morgan fingerprint density at radius 1 is 1.47 bits per heavy atom. The van der Waals surface area contributed by atoms with Crippen molar-refractivity contribution in [1.29, 1.82) is 0 Å². The molecule has 1 aromatic carbocycles. The van der Waals surface area contributed by atoms with E-state index in [1.807, 2.05) is 25.1 Å². The molecule has 0 fully saturated rings. The number of ether oxygens (including phenoxy) is 1. The first-order valence-corrected chi connectivity index (χ1v) is 6.67. The molecule has 0 aliphatic heterocycles. The smallest absolute Gasteiger partial charge is 0.222 e. The van der Waals surface area contributed by atoms with E-state index in [0.717, 1.165) is 5.56 Å². The fourth-order valence-electron chi connectivity index (χ4n) is 1.55. The summed E-state index contributed by atoms with van der Waals surface area (Å²) in [5, 5.41) is 0.550. The molecule has 0 heterocycles. The topological polar surface area (TPSA) is 55.6 Å². The Bertz CT molecular complexity index is 433. The van der Waals surface area contributed by atoms with Gasteiger partial charge in [0.2, 0.25) is 5.91 Å². The van der Waals surface area contributed by atoms with Crippen LogP contribution in [0.5, 0.6) is 5.75 Å². The number of hydrogen-bond acceptors (Lipinski definition) is 3. The van der Waals surface area contributed by atoms with Crippen LogP contribution in [0.1, 0.15) is 31.4 Å². The summed E-state index contributed by atoms with van der Waals surface area (Å²) in [6.07, 6.45) is 1.14. The minimum Gasteiger partial charge on any atom is -0.492 e. The summed E-state index contributed by atoms with van der Waals surface area (Å²) in [5.74, 6) is 0.727. The van der Waals surface area contributed by atoms with Crippen LogP contribution >= 0.6 is 11.6 Å². The van der Waals surface area contributed by atoms with Gasteiger partial charge in [-0.15, -0.1) is 0 Å². The van der Waals surface area contributed by atoms with E-state index in [0.29, 0.717) is 30.2 Å². The Labute approximate surface area is 119 Å². The van der Waals surface area contributed by atoms with Crippen molar-refractivity contribution in [3.05, 3.63) is 28.8 Å². The largest absolute Gasteiger partial charge is 0.492 e. The molecule has 0 aliphatic rings. The summed E-state index contributed by atoms with van der Waals surface area (Å²) in [6.45, 7) is 2.37. The molecule has 19 heavy (non-hydrogen) atoms. The van der Waals surface area contributed by atoms with Gasteiger partial charge in [0.1, 0.15) is 5.75 Å². The number of carbonyl (C=O) groups is 1. The molecule has 0 radical (unpaired) electrons. The predicted molar refractivity (Wildman–Crippen MR) is 77.5 cm³/mol. The second kappa shape index (κ2) is 7.36. The lowest BCUT2D eigenvalue weighted by atomic mass is 10.1. The highest BCUT2D eigenvalue weighted by molar-refractivity contribution is 6.32. The Morgan fingerprint density at radius 2 is 2.16 bits per heavy atom. The van der Waals surface area contributed by atoms with E-state index in [2.05, 4.69) is 0 Å². The van der Waals surface area contributed by atoms with E-state index < -0.39 is 0 Å². The number of rotatable bonds is 6. The molecule has 1 rings (SSSR count). The first-order chi connectivity index (χ1) is 8.91. The Hall–Kier alpha value is -1.26. The lowest BCUT2D eigenvalue weighted by molar-refractivity contribution is -0.128. The summed E-state index contributed by atoms with van der Waals surface area (Å²) < 4.78 is 5.56. The fraction of sp³-hybridized carbons (Fsp3) is 0.500. The van der Waals surface area contributed by atoms with Crippen molar-refractivity contribution in [2.75, 3.05) is 20.7 Å². The highest BCUT2D eigenvalue weighted by Crippen LogP contribution is 2.27. The number of nitrogens with two attached hydrogens (primary N) is 1. The second-order valence-electron chi connectivity index (χ2n) is 4.72. The molecular weight excluding hydrogens is 264 g/mol.